The first-order chi connectivity index (χ1) is 8.20. The molecule has 17 heavy (non-hydrogen) atoms. The number of piperazine rings is 1. The van der Waals surface area contributed by atoms with Gasteiger partial charge >= 0.3 is 0 Å². The van der Waals surface area contributed by atoms with Crippen molar-refractivity contribution in [2.45, 2.75) is 19.9 Å². The molecule has 0 spiro atoms. The molecule has 0 N–H and O–H groups in total. The van der Waals surface area contributed by atoms with Gasteiger partial charge in [-0.05, 0) is 19.9 Å². The van der Waals surface area contributed by atoms with Crippen molar-refractivity contribution in [3.05, 3.63) is 18.3 Å². The van der Waals surface area contributed by atoms with Crippen LogP contribution < -0.4 is 9.64 Å². The van der Waals surface area contributed by atoms with Gasteiger partial charge in [0.05, 0.1) is 7.11 Å². The lowest BCUT2D eigenvalue weighted by molar-refractivity contribution is 0.209. The van der Waals surface area contributed by atoms with Crippen LogP contribution in [0.2, 0.25) is 0 Å². The van der Waals surface area contributed by atoms with Gasteiger partial charge in [0, 0.05) is 50.2 Å². The third-order valence-electron chi connectivity index (χ3n) is 3.34. The van der Waals surface area contributed by atoms with Crippen molar-refractivity contribution >= 4 is 5.69 Å². The van der Waals surface area contributed by atoms with Crippen LogP contribution in [-0.4, -0.2) is 49.2 Å². The molecule has 1 aliphatic heterocycles. The van der Waals surface area contributed by atoms with Crippen molar-refractivity contribution in [3.8, 4) is 5.88 Å². The largest absolute Gasteiger partial charge is 0.481 e. The molecule has 1 saturated heterocycles. The summed E-state index contributed by atoms with van der Waals surface area (Å²) in [5, 5.41) is 0. The van der Waals surface area contributed by atoms with Crippen LogP contribution in [0.15, 0.2) is 18.3 Å². The van der Waals surface area contributed by atoms with Crippen molar-refractivity contribution in [3.63, 3.8) is 0 Å². The number of hydrogen-bond donors (Lipinski definition) is 0. The van der Waals surface area contributed by atoms with Gasteiger partial charge in [-0.1, -0.05) is 0 Å². The average molecular weight is 235 g/mol. The molecule has 0 bridgehead atoms. The van der Waals surface area contributed by atoms with Gasteiger partial charge in [0.25, 0.3) is 0 Å². The Bertz CT molecular complexity index is 359. The van der Waals surface area contributed by atoms with Crippen LogP contribution in [0.5, 0.6) is 5.88 Å². The van der Waals surface area contributed by atoms with Crippen molar-refractivity contribution in [1.82, 2.24) is 9.88 Å². The zero-order valence-corrected chi connectivity index (χ0v) is 10.9. The van der Waals surface area contributed by atoms with Gasteiger partial charge in [0.15, 0.2) is 0 Å². The molecule has 0 unspecified atom stereocenters. The molecule has 1 aromatic rings. The number of pyridine rings is 1. The molecule has 4 heteroatoms. The highest BCUT2D eigenvalue weighted by Gasteiger charge is 2.19. The van der Waals surface area contributed by atoms with E-state index in [0.717, 1.165) is 26.2 Å². The minimum Gasteiger partial charge on any atom is -0.481 e. The summed E-state index contributed by atoms with van der Waals surface area (Å²) in [4.78, 5) is 9.04. The number of aromatic nitrogens is 1. The van der Waals surface area contributed by atoms with Crippen LogP contribution in [0, 0.1) is 0 Å². The second-order valence-electron chi connectivity index (χ2n) is 4.67. The lowest BCUT2D eigenvalue weighted by Gasteiger charge is -2.38. The van der Waals surface area contributed by atoms with E-state index in [0.29, 0.717) is 11.9 Å². The number of ether oxygens (including phenoxy) is 1. The van der Waals surface area contributed by atoms with Crippen molar-refractivity contribution in [2.24, 2.45) is 0 Å². The van der Waals surface area contributed by atoms with Crippen molar-refractivity contribution < 1.29 is 4.74 Å². The fourth-order valence-corrected chi connectivity index (χ4v) is 2.20. The Kier molecular flexibility index (Phi) is 3.84. The fourth-order valence-electron chi connectivity index (χ4n) is 2.20. The number of methoxy groups -OCH3 is 1. The normalized spacial score (nSPS) is 17.5. The molecule has 4 nitrogen and oxygen atoms in total. The summed E-state index contributed by atoms with van der Waals surface area (Å²) < 4.78 is 5.16. The van der Waals surface area contributed by atoms with Crippen LogP contribution in [0.1, 0.15) is 13.8 Å². The van der Waals surface area contributed by atoms with Gasteiger partial charge in [0.2, 0.25) is 5.88 Å². The van der Waals surface area contributed by atoms with Crippen LogP contribution in [0.25, 0.3) is 0 Å². The topological polar surface area (TPSA) is 28.6 Å². The molecule has 0 saturated carbocycles. The molecule has 0 radical (unpaired) electrons. The predicted molar refractivity (Wildman–Crippen MR) is 69.7 cm³/mol. The van der Waals surface area contributed by atoms with E-state index in [2.05, 4.69) is 28.6 Å². The molecular formula is C13H21N3O. The first kappa shape index (κ1) is 12.2. The number of nitrogens with zero attached hydrogens (tertiary/aromatic N) is 3. The molecule has 2 heterocycles. The van der Waals surface area contributed by atoms with Crippen LogP contribution in [0.4, 0.5) is 5.69 Å². The average Bonchev–Trinajstić information content (AvgIpc) is 2.39. The number of anilines is 1. The van der Waals surface area contributed by atoms with Crippen LogP contribution in [-0.2, 0) is 0 Å². The lowest BCUT2D eigenvalue weighted by Crippen LogP contribution is -2.48. The quantitative estimate of drug-likeness (QED) is 0.796. The highest BCUT2D eigenvalue weighted by molar-refractivity contribution is 5.48. The maximum atomic E-state index is 5.16. The molecular weight excluding hydrogens is 214 g/mol. The first-order valence-electron chi connectivity index (χ1n) is 6.19. The summed E-state index contributed by atoms with van der Waals surface area (Å²) in [5.41, 5.74) is 1.21. The summed E-state index contributed by atoms with van der Waals surface area (Å²) in [5.74, 6) is 0.689. The van der Waals surface area contributed by atoms with E-state index in [9.17, 15) is 0 Å². The van der Waals surface area contributed by atoms with E-state index < -0.39 is 0 Å². The lowest BCUT2D eigenvalue weighted by atomic mass is 10.2. The Morgan fingerprint density at radius 2 is 1.94 bits per heavy atom. The monoisotopic (exact) mass is 235 g/mol. The fraction of sp³-hybridized carbons (Fsp3) is 0.615. The molecule has 1 aliphatic rings. The van der Waals surface area contributed by atoms with E-state index in [1.807, 2.05) is 18.3 Å². The Labute approximate surface area is 103 Å². The highest BCUT2D eigenvalue weighted by atomic mass is 16.5. The van der Waals surface area contributed by atoms with E-state index in [-0.39, 0.29) is 0 Å². The van der Waals surface area contributed by atoms with Gasteiger partial charge in [-0.3, -0.25) is 4.90 Å². The Morgan fingerprint density at radius 3 is 2.53 bits per heavy atom. The molecule has 1 aromatic heterocycles. The number of hydrogen-bond acceptors (Lipinski definition) is 4. The minimum atomic E-state index is 0.643. The predicted octanol–water partition coefficient (Wildman–Crippen LogP) is 1.62. The molecule has 0 amide bonds. The summed E-state index contributed by atoms with van der Waals surface area (Å²) in [6.45, 7) is 8.91. The Morgan fingerprint density at radius 1 is 1.24 bits per heavy atom. The molecule has 1 fully saturated rings. The maximum Gasteiger partial charge on any atom is 0.214 e. The smallest absolute Gasteiger partial charge is 0.214 e. The molecule has 2 rings (SSSR count). The SMILES string of the molecule is COc1cc(N2CCN(C(C)C)CC2)ccn1. The summed E-state index contributed by atoms with van der Waals surface area (Å²) in [6.07, 6.45) is 1.81. The third kappa shape index (κ3) is 2.88. The van der Waals surface area contributed by atoms with Gasteiger partial charge in [-0.15, -0.1) is 0 Å². The second kappa shape index (κ2) is 5.36. The summed E-state index contributed by atoms with van der Waals surface area (Å²) >= 11 is 0. The second-order valence-corrected chi connectivity index (χ2v) is 4.67. The van der Waals surface area contributed by atoms with Gasteiger partial charge in [0.1, 0.15) is 0 Å². The van der Waals surface area contributed by atoms with Gasteiger partial charge < -0.3 is 9.64 Å². The standard InChI is InChI=1S/C13H21N3O/c1-11(2)15-6-8-16(9-7-15)12-4-5-14-13(10-12)17-3/h4-5,10-11H,6-9H2,1-3H3. The minimum absolute atomic E-state index is 0.643. The Balaban J connectivity index is 2.00. The van der Waals surface area contributed by atoms with Gasteiger partial charge in [-0.2, -0.15) is 0 Å². The maximum absolute atomic E-state index is 5.16. The molecule has 0 aliphatic carbocycles. The van der Waals surface area contributed by atoms with E-state index in [1.54, 1.807) is 7.11 Å². The van der Waals surface area contributed by atoms with Crippen molar-refractivity contribution in [2.75, 3.05) is 38.2 Å². The highest BCUT2D eigenvalue weighted by Crippen LogP contribution is 2.20. The van der Waals surface area contributed by atoms with E-state index in [1.165, 1.54) is 5.69 Å². The molecule has 0 atom stereocenters. The molecule has 0 aromatic carbocycles. The van der Waals surface area contributed by atoms with Gasteiger partial charge in [-0.25, -0.2) is 4.98 Å². The summed E-state index contributed by atoms with van der Waals surface area (Å²) in [6, 6.07) is 4.70. The third-order valence-corrected chi connectivity index (χ3v) is 3.34. The number of rotatable bonds is 3. The molecule has 94 valence electrons. The van der Waals surface area contributed by atoms with Crippen LogP contribution >= 0.6 is 0 Å². The first-order valence-corrected chi connectivity index (χ1v) is 6.19. The van der Waals surface area contributed by atoms with Crippen molar-refractivity contribution in [1.29, 1.82) is 0 Å². The zero-order valence-electron chi connectivity index (χ0n) is 10.9. The van der Waals surface area contributed by atoms with E-state index >= 15 is 0 Å². The zero-order chi connectivity index (χ0) is 12.3. The summed E-state index contributed by atoms with van der Waals surface area (Å²) in [7, 11) is 1.66. The van der Waals surface area contributed by atoms with Crippen LogP contribution in [0.3, 0.4) is 0 Å². The van der Waals surface area contributed by atoms with E-state index in [4.69, 9.17) is 4.74 Å². The Hall–Kier alpha value is -1.29.